The van der Waals surface area contributed by atoms with Crippen molar-refractivity contribution in [2.24, 2.45) is 12.8 Å². The van der Waals surface area contributed by atoms with Crippen LogP contribution in [0.4, 0.5) is 5.95 Å². The van der Waals surface area contributed by atoms with Crippen LogP contribution in [0.1, 0.15) is 18.4 Å². The summed E-state index contributed by atoms with van der Waals surface area (Å²) in [7, 11) is 3.48. The molecular formula is C21H26N8O2. The molecule has 0 aliphatic carbocycles. The third-order valence-corrected chi connectivity index (χ3v) is 5.47. The van der Waals surface area contributed by atoms with Gasteiger partial charge in [-0.1, -0.05) is 18.2 Å². The van der Waals surface area contributed by atoms with Crippen LogP contribution in [0.15, 0.2) is 33.9 Å². The predicted molar refractivity (Wildman–Crippen MR) is 121 cm³/mol. The average Bonchev–Trinajstić information content (AvgIpc) is 3.15. The molecule has 0 saturated carbocycles. The quantitative estimate of drug-likeness (QED) is 0.484. The molecule has 0 bridgehead atoms. The minimum atomic E-state index is -0.458. The van der Waals surface area contributed by atoms with E-state index in [1.54, 1.807) is 7.05 Å². The summed E-state index contributed by atoms with van der Waals surface area (Å²) in [5.41, 5.74) is 7.12. The third kappa shape index (κ3) is 3.38. The first kappa shape index (κ1) is 20.7. The number of rotatable bonds is 6. The first-order chi connectivity index (χ1) is 14.9. The second kappa shape index (κ2) is 7.95. The Morgan fingerprint density at radius 2 is 1.84 bits per heavy atom. The fourth-order valence-electron chi connectivity index (χ4n) is 3.89. The van der Waals surface area contributed by atoms with Crippen molar-refractivity contribution < 1.29 is 0 Å². The highest BCUT2D eigenvalue weighted by atomic mass is 16.2. The topological polar surface area (TPSA) is 117 Å². The number of aryl methyl sites for hydroxylation is 3. The molecule has 0 saturated heterocycles. The number of hydrogen-bond donors (Lipinski definition) is 1. The zero-order valence-electron chi connectivity index (χ0n) is 18.2. The van der Waals surface area contributed by atoms with Gasteiger partial charge in [0, 0.05) is 44.8 Å². The Balaban J connectivity index is 1.91. The maximum absolute atomic E-state index is 13.4. The second-order valence-electron chi connectivity index (χ2n) is 7.51. The summed E-state index contributed by atoms with van der Waals surface area (Å²) in [5, 5.41) is 0.943. The fourth-order valence-corrected chi connectivity index (χ4v) is 3.89. The minimum Gasteiger partial charge on any atom is -0.344 e. The molecule has 0 amide bonds. The van der Waals surface area contributed by atoms with Crippen molar-refractivity contribution in [2.75, 3.05) is 25.0 Å². The van der Waals surface area contributed by atoms with Crippen LogP contribution in [0, 0.1) is 6.92 Å². The van der Waals surface area contributed by atoms with Crippen LogP contribution >= 0.6 is 0 Å². The molecule has 10 heteroatoms. The Bertz CT molecular complexity index is 1400. The van der Waals surface area contributed by atoms with Gasteiger partial charge in [0.2, 0.25) is 5.95 Å². The lowest BCUT2D eigenvalue weighted by atomic mass is 10.2. The van der Waals surface area contributed by atoms with Crippen molar-refractivity contribution in [3.05, 3.63) is 56.6 Å². The monoisotopic (exact) mass is 422 g/mol. The van der Waals surface area contributed by atoms with Crippen molar-refractivity contribution in [1.82, 2.24) is 28.7 Å². The number of likely N-dealkylation sites (N-methyl/N-ethyl adjacent to an activating group) is 1. The van der Waals surface area contributed by atoms with Gasteiger partial charge in [0.1, 0.15) is 5.82 Å². The van der Waals surface area contributed by atoms with Gasteiger partial charge in [0.15, 0.2) is 11.2 Å². The molecule has 0 spiro atoms. The predicted octanol–water partition coefficient (Wildman–Crippen LogP) is 0.611. The van der Waals surface area contributed by atoms with Crippen molar-refractivity contribution in [2.45, 2.75) is 26.9 Å². The van der Waals surface area contributed by atoms with Crippen molar-refractivity contribution in [3.8, 4) is 0 Å². The van der Waals surface area contributed by atoms with E-state index in [-0.39, 0.29) is 6.54 Å². The van der Waals surface area contributed by atoms with Crippen LogP contribution in [0.25, 0.3) is 22.1 Å². The number of fused-ring (bicyclic) bond motifs is 2. The number of benzene rings is 1. The molecule has 0 unspecified atom stereocenters. The van der Waals surface area contributed by atoms with Crippen LogP contribution in [0.3, 0.4) is 0 Å². The van der Waals surface area contributed by atoms with E-state index in [0.717, 1.165) is 16.6 Å². The van der Waals surface area contributed by atoms with Crippen LogP contribution < -0.4 is 21.9 Å². The van der Waals surface area contributed by atoms with Gasteiger partial charge < -0.3 is 15.2 Å². The van der Waals surface area contributed by atoms with E-state index >= 15 is 0 Å². The minimum absolute atomic E-state index is 0.0179. The summed E-state index contributed by atoms with van der Waals surface area (Å²) in [5.74, 6) is 1.02. The van der Waals surface area contributed by atoms with Crippen molar-refractivity contribution in [1.29, 1.82) is 0 Å². The Hall–Kier alpha value is -3.53. The smallest absolute Gasteiger partial charge is 0.332 e. The van der Waals surface area contributed by atoms with Gasteiger partial charge in [-0.15, -0.1) is 0 Å². The maximum atomic E-state index is 13.4. The molecule has 0 fully saturated rings. The van der Waals surface area contributed by atoms with E-state index in [9.17, 15) is 9.59 Å². The number of imidazole rings is 1. The van der Waals surface area contributed by atoms with Crippen LogP contribution in [-0.2, 0) is 20.1 Å². The van der Waals surface area contributed by atoms with Crippen LogP contribution in [0.2, 0.25) is 0 Å². The summed E-state index contributed by atoms with van der Waals surface area (Å²) in [6.07, 6.45) is 0. The van der Waals surface area contributed by atoms with Gasteiger partial charge in [0.25, 0.3) is 5.56 Å². The summed E-state index contributed by atoms with van der Waals surface area (Å²) < 4.78 is 4.39. The Kier molecular flexibility index (Phi) is 5.32. The van der Waals surface area contributed by atoms with Crippen molar-refractivity contribution >= 4 is 28.0 Å². The molecule has 162 valence electrons. The zero-order valence-corrected chi connectivity index (χ0v) is 18.2. The van der Waals surface area contributed by atoms with Gasteiger partial charge in [-0.2, -0.15) is 4.98 Å². The number of nitrogens with two attached hydrogens (primary N) is 1. The Labute approximate surface area is 178 Å². The van der Waals surface area contributed by atoms with Gasteiger partial charge in [0.05, 0.1) is 12.1 Å². The summed E-state index contributed by atoms with van der Waals surface area (Å²) in [6, 6.07) is 7.67. The van der Waals surface area contributed by atoms with Gasteiger partial charge in [-0.25, -0.2) is 14.8 Å². The number of nitrogens with zero attached hydrogens (tertiary/aromatic N) is 7. The normalized spacial score (nSPS) is 11.5. The second-order valence-corrected chi connectivity index (χ2v) is 7.51. The van der Waals surface area contributed by atoms with Gasteiger partial charge in [-0.3, -0.25) is 13.9 Å². The van der Waals surface area contributed by atoms with E-state index in [2.05, 4.69) is 15.0 Å². The SMILES string of the molecule is CCn1c(N(C)CCN)nc2c1c(=O)n(Cc1nc(C)c3ccccc3n1)c(=O)n2C. The highest BCUT2D eigenvalue weighted by Gasteiger charge is 2.22. The molecule has 1 aromatic carbocycles. The van der Waals surface area contributed by atoms with E-state index in [4.69, 9.17) is 5.73 Å². The molecule has 0 radical (unpaired) electrons. The molecule has 31 heavy (non-hydrogen) atoms. The number of hydrogen-bond acceptors (Lipinski definition) is 7. The molecule has 0 aliphatic heterocycles. The number of aromatic nitrogens is 6. The Morgan fingerprint density at radius 3 is 2.55 bits per heavy atom. The van der Waals surface area contributed by atoms with Crippen LogP contribution in [0.5, 0.6) is 0 Å². The first-order valence-electron chi connectivity index (χ1n) is 10.2. The zero-order chi connectivity index (χ0) is 22.3. The molecule has 0 atom stereocenters. The van der Waals surface area contributed by atoms with E-state index in [1.165, 1.54) is 9.13 Å². The van der Waals surface area contributed by atoms with Gasteiger partial charge in [-0.05, 0) is 19.9 Å². The van der Waals surface area contributed by atoms with E-state index in [1.807, 2.05) is 54.6 Å². The number of anilines is 1. The standard InChI is InChI=1S/C21H26N8O2/c1-5-28-17-18(25-20(28)26(3)11-10-22)27(4)21(31)29(19(17)30)12-16-23-13(2)14-8-6-7-9-15(14)24-16/h6-9H,5,10-12,22H2,1-4H3. The highest BCUT2D eigenvalue weighted by molar-refractivity contribution is 5.80. The molecule has 4 rings (SSSR count). The number of para-hydroxylation sites is 1. The third-order valence-electron chi connectivity index (χ3n) is 5.47. The lowest BCUT2D eigenvalue weighted by Crippen LogP contribution is -2.40. The average molecular weight is 422 g/mol. The fraction of sp³-hybridized carbons (Fsp3) is 0.381. The van der Waals surface area contributed by atoms with E-state index < -0.39 is 11.2 Å². The Morgan fingerprint density at radius 1 is 1.10 bits per heavy atom. The van der Waals surface area contributed by atoms with Crippen molar-refractivity contribution in [3.63, 3.8) is 0 Å². The lowest BCUT2D eigenvalue weighted by Gasteiger charge is -2.17. The molecule has 3 heterocycles. The molecular weight excluding hydrogens is 396 g/mol. The van der Waals surface area contributed by atoms with E-state index in [0.29, 0.717) is 42.6 Å². The summed E-state index contributed by atoms with van der Waals surface area (Å²) in [4.78, 5) is 42.0. The van der Waals surface area contributed by atoms with Gasteiger partial charge >= 0.3 is 5.69 Å². The molecule has 2 N–H and O–H groups in total. The van der Waals surface area contributed by atoms with Crippen LogP contribution in [-0.4, -0.2) is 48.8 Å². The molecule has 10 nitrogen and oxygen atoms in total. The largest absolute Gasteiger partial charge is 0.344 e. The molecule has 4 aromatic rings. The molecule has 3 aromatic heterocycles. The maximum Gasteiger partial charge on any atom is 0.332 e. The molecule has 0 aliphatic rings. The lowest BCUT2D eigenvalue weighted by molar-refractivity contribution is 0.631. The first-order valence-corrected chi connectivity index (χ1v) is 10.2. The highest BCUT2D eigenvalue weighted by Crippen LogP contribution is 2.19. The summed E-state index contributed by atoms with van der Waals surface area (Å²) in [6.45, 7) is 5.37. The summed E-state index contributed by atoms with van der Waals surface area (Å²) >= 11 is 0.